The number of fused-ring (bicyclic) bond motifs is 1. The summed E-state index contributed by atoms with van der Waals surface area (Å²) in [5.74, 6) is 1.72. The van der Waals surface area contributed by atoms with E-state index in [4.69, 9.17) is 0 Å². The third-order valence-corrected chi connectivity index (χ3v) is 7.68. The maximum atomic E-state index is 12.8. The van der Waals surface area contributed by atoms with Crippen LogP contribution in [0.25, 0.3) is 0 Å². The summed E-state index contributed by atoms with van der Waals surface area (Å²) in [7, 11) is 0. The van der Waals surface area contributed by atoms with Crippen LogP contribution in [-0.4, -0.2) is 24.4 Å². The molecule has 1 unspecified atom stereocenters. The Labute approximate surface area is 155 Å². The van der Waals surface area contributed by atoms with Crippen LogP contribution >= 0.6 is 0 Å². The van der Waals surface area contributed by atoms with Crippen molar-refractivity contribution in [2.75, 3.05) is 11.4 Å². The molecule has 1 atom stereocenters. The van der Waals surface area contributed by atoms with Crippen molar-refractivity contribution in [2.45, 2.75) is 57.9 Å². The van der Waals surface area contributed by atoms with Crippen LogP contribution in [-0.2, 0) is 16.0 Å². The molecule has 138 valence electrons. The van der Waals surface area contributed by atoms with E-state index >= 15 is 0 Å². The molecule has 4 nitrogen and oxygen atoms in total. The SMILES string of the molecule is CC(NC(=O)C(=O)N1CCc2ccccc21)C12CC3CC(CC(C3)C1)C2. The monoisotopic (exact) mass is 352 g/mol. The fourth-order valence-corrected chi connectivity index (χ4v) is 6.79. The number of nitrogens with zero attached hydrogens (tertiary/aromatic N) is 1. The van der Waals surface area contributed by atoms with Gasteiger partial charge in [0.05, 0.1) is 0 Å². The summed E-state index contributed by atoms with van der Waals surface area (Å²) in [5, 5.41) is 3.11. The quantitative estimate of drug-likeness (QED) is 0.830. The molecule has 4 aliphatic carbocycles. The molecule has 4 bridgehead atoms. The summed E-state index contributed by atoms with van der Waals surface area (Å²) in [6, 6.07) is 7.99. The molecule has 4 heteroatoms. The number of anilines is 1. The molecule has 1 aromatic carbocycles. The Morgan fingerprint density at radius 1 is 1.08 bits per heavy atom. The van der Waals surface area contributed by atoms with Gasteiger partial charge in [0.15, 0.2) is 0 Å². The molecule has 5 aliphatic rings. The van der Waals surface area contributed by atoms with Gasteiger partial charge in [-0.3, -0.25) is 9.59 Å². The topological polar surface area (TPSA) is 49.4 Å². The summed E-state index contributed by atoms with van der Waals surface area (Å²) < 4.78 is 0. The van der Waals surface area contributed by atoms with E-state index in [0.29, 0.717) is 6.54 Å². The summed E-state index contributed by atoms with van der Waals surface area (Å²) in [6.07, 6.45) is 8.72. The van der Waals surface area contributed by atoms with E-state index in [1.54, 1.807) is 4.90 Å². The highest BCUT2D eigenvalue weighted by atomic mass is 16.2. The fraction of sp³-hybridized carbons (Fsp3) is 0.636. The van der Waals surface area contributed by atoms with Gasteiger partial charge in [-0.15, -0.1) is 0 Å². The highest BCUT2D eigenvalue weighted by molar-refractivity contribution is 6.40. The molecule has 6 rings (SSSR count). The first-order valence-electron chi connectivity index (χ1n) is 10.2. The average Bonchev–Trinajstić information content (AvgIpc) is 3.04. The smallest absolute Gasteiger partial charge is 0.316 e. The number of nitrogens with one attached hydrogen (secondary N) is 1. The third kappa shape index (κ3) is 2.49. The Hall–Kier alpha value is -1.84. The van der Waals surface area contributed by atoms with Crippen molar-refractivity contribution in [3.05, 3.63) is 29.8 Å². The van der Waals surface area contributed by atoms with Crippen molar-refractivity contribution in [1.29, 1.82) is 0 Å². The van der Waals surface area contributed by atoms with Gasteiger partial charge >= 0.3 is 11.8 Å². The van der Waals surface area contributed by atoms with Crippen LogP contribution in [0.15, 0.2) is 24.3 Å². The lowest BCUT2D eigenvalue weighted by molar-refractivity contribution is -0.140. The number of rotatable bonds is 2. The van der Waals surface area contributed by atoms with Gasteiger partial charge in [-0.05, 0) is 86.7 Å². The summed E-state index contributed by atoms with van der Waals surface area (Å²) in [6.45, 7) is 2.74. The standard InChI is InChI=1S/C22H28N2O2/c1-14(22-11-15-8-16(12-22)10-17(9-15)13-22)23-20(25)21(26)24-7-6-18-4-2-3-5-19(18)24/h2-5,14-17H,6-13H2,1H3,(H,23,25). The molecule has 0 aromatic heterocycles. The highest BCUT2D eigenvalue weighted by Gasteiger charge is 2.53. The first-order chi connectivity index (χ1) is 12.5. The summed E-state index contributed by atoms with van der Waals surface area (Å²) in [5.41, 5.74) is 2.28. The van der Waals surface area contributed by atoms with E-state index in [1.807, 2.05) is 24.3 Å². The van der Waals surface area contributed by atoms with Crippen molar-refractivity contribution in [1.82, 2.24) is 5.32 Å². The van der Waals surface area contributed by atoms with Gasteiger partial charge in [0.1, 0.15) is 0 Å². The van der Waals surface area contributed by atoms with Crippen LogP contribution in [0.2, 0.25) is 0 Å². The van der Waals surface area contributed by atoms with Gasteiger partial charge in [0.2, 0.25) is 0 Å². The molecular weight excluding hydrogens is 324 g/mol. The number of carbonyl (C=O) groups excluding carboxylic acids is 2. The number of hydrogen-bond donors (Lipinski definition) is 1. The van der Waals surface area contributed by atoms with E-state index in [1.165, 1.54) is 38.5 Å². The molecule has 1 heterocycles. The maximum absolute atomic E-state index is 12.8. The van der Waals surface area contributed by atoms with Crippen molar-refractivity contribution in [3.63, 3.8) is 0 Å². The lowest BCUT2D eigenvalue weighted by Gasteiger charge is -2.59. The zero-order valence-corrected chi connectivity index (χ0v) is 15.5. The van der Waals surface area contributed by atoms with Crippen molar-refractivity contribution in [2.24, 2.45) is 23.2 Å². The van der Waals surface area contributed by atoms with Gasteiger partial charge < -0.3 is 10.2 Å². The van der Waals surface area contributed by atoms with Crippen molar-refractivity contribution >= 4 is 17.5 Å². The molecule has 4 fully saturated rings. The zero-order chi connectivity index (χ0) is 17.9. The van der Waals surface area contributed by atoms with E-state index in [0.717, 1.165) is 35.4 Å². The first kappa shape index (κ1) is 16.3. The third-order valence-electron chi connectivity index (χ3n) is 7.68. The van der Waals surface area contributed by atoms with E-state index in [9.17, 15) is 9.59 Å². The van der Waals surface area contributed by atoms with Crippen LogP contribution in [0.5, 0.6) is 0 Å². The fourth-order valence-electron chi connectivity index (χ4n) is 6.79. The van der Waals surface area contributed by atoms with Gasteiger partial charge in [-0.1, -0.05) is 18.2 Å². The lowest BCUT2D eigenvalue weighted by Crippen LogP contribution is -2.57. The van der Waals surface area contributed by atoms with Crippen LogP contribution in [0.4, 0.5) is 5.69 Å². The number of carbonyl (C=O) groups is 2. The summed E-state index contributed by atoms with van der Waals surface area (Å²) in [4.78, 5) is 27.2. The van der Waals surface area contributed by atoms with Crippen LogP contribution < -0.4 is 10.2 Å². The molecule has 0 saturated heterocycles. The van der Waals surface area contributed by atoms with Gasteiger partial charge in [0.25, 0.3) is 0 Å². The molecule has 4 saturated carbocycles. The van der Waals surface area contributed by atoms with Gasteiger partial charge in [-0.2, -0.15) is 0 Å². The molecule has 1 aromatic rings. The Morgan fingerprint density at radius 2 is 1.69 bits per heavy atom. The molecule has 1 aliphatic heterocycles. The normalized spacial score (nSPS) is 35.3. The molecule has 2 amide bonds. The average molecular weight is 352 g/mol. The Bertz CT molecular complexity index is 721. The minimum Gasteiger partial charge on any atom is -0.345 e. The van der Waals surface area contributed by atoms with Crippen molar-refractivity contribution in [3.8, 4) is 0 Å². The Morgan fingerprint density at radius 3 is 2.35 bits per heavy atom. The maximum Gasteiger partial charge on any atom is 0.316 e. The van der Waals surface area contributed by atoms with Crippen LogP contribution in [0.1, 0.15) is 51.0 Å². The second-order valence-electron chi connectivity index (χ2n) is 9.31. The van der Waals surface area contributed by atoms with E-state index in [-0.39, 0.29) is 11.5 Å². The van der Waals surface area contributed by atoms with Crippen LogP contribution in [0.3, 0.4) is 0 Å². The molecule has 1 N–H and O–H groups in total. The second-order valence-corrected chi connectivity index (χ2v) is 9.31. The second kappa shape index (κ2) is 5.83. The predicted molar refractivity (Wildman–Crippen MR) is 101 cm³/mol. The molecule has 0 radical (unpaired) electrons. The molecule has 0 spiro atoms. The number of amides is 2. The largest absolute Gasteiger partial charge is 0.345 e. The number of para-hydroxylation sites is 1. The molecule has 26 heavy (non-hydrogen) atoms. The highest BCUT2D eigenvalue weighted by Crippen LogP contribution is 2.61. The van der Waals surface area contributed by atoms with Gasteiger partial charge in [0, 0.05) is 18.3 Å². The number of hydrogen-bond acceptors (Lipinski definition) is 2. The zero-order valence-electron chi connectivity index (χ0n) is 15.5. The van der Waals surface area contributed by atoms with Crippen molar-refractivity contribution < 1.29 is 9.59 Å². The molecular formula is C22H28N2O2. The van der Waals surface area contributed by atoms with E-state index in [2.05, 4.69) is 12.2 Å². The first-order valence-corrected chi connectivity index (χ1v) is 10.2. The Kier molecular flexibility index (Phi) is 3.67. The minimum absolute atomic E-state index is 0.0881. The minimum atomic E-state index is -0.426. The van der Waals surface area contributed by atoms with E-state index < -0.39 is 11.8 Å². The predicted octanol–water partition coefficient (Wildman–Crippen LogP) is 3.30. The van der Waals surface area contributed by atoms with Gasteiger partial charge in [-0.25, -0.2) is 0 Å². The lowest BCUT2D eigenvalue weighted by atomic mass is 9.48. The summed E-state index contributed by atoms with van der Waals surface area (Å²) >= 11 is 0. The number of benzene rings is 1. The van der Waals surface area contributed by atoms with Crippen LogP contribution in [0, 0.1) is 23.2 Å². The Balaban J connectivity index is 1.29.